The van der Waals surface area contributed by atoms with E-state index in [-0.39, 0.29) is 22.1 Å². The van der Waals surface area contributed by atoms with Gasteiger partial charge in [0, 0.05) is 5.02 Å². The van der Waals surface area contributed by atoms with Gasteiger partial charge in [0.05, 0.1) is 24.9 Å². The zero-order chi connectivity index (χ0) is 19.3. The quantitative estimate of drug-likeness (QED) is 0.739. The molecule has 1 amide bonds. The molecule has 0 aliphatic carbocycles. The normalized spacial score (nSPS) is 11.4. The van der Waals surface area contributed by atoms with Crippen molar-refractivity contribution in [2.24, 2.45) is 0 Å². The van der Waals surface area contributed by atoms with Crippen molar-refractivity contribution < 1.29 is 23.8 Å². The number of hydrogen-bond acceptors (Lipinski definition) is 5. The average Bonchev–Trinajstić information content (AvgIpc) is 2.62. The maximum Gasteiger partial charge on any atom is 0.346 e. The minimum absolute atomic E-state index is 0.0988. The summed E-state index contributed by atoms with van der Waals surface area (Å²) in [6.07, 6.45) is -1.08. The van der Waals surface area contributed by atoms with Gasteiger partial charge in [0.2, 0.25) is 0 Å². The lowest BCUT2D eigenvalue weighted by Crippen LogP contribution is -2.30. The van der Waals surface area contributed by atoms with Crippen molar-refractivity contribution in [1.82, 2.24) is 0 Å². The number of halogens is 2. The summed E-state index contributed by atoms with van der Waals surface area (Å²) < 4.78 is 15.6. The molecule has 6 nitrogen and oxygen atoms in total. The van der Waals surface area contributed by atoms with Crippen molar-refractivity contribution in [3.05, 3.63) is 52.0 Å². The summed E-state index contributed by atoms with van der Waals surface area (Å²) in [6.45, 7) is 1.44. The summed E-state index contributed by atoms with van der Waals surface area (Å²) in [7, 11) is 2.84. The molecule has 1 atom stereocenters. The molecule has 0 bridgehead atoms. The van der Waals surface area contributed by atoms with Crippen LogP contribution in [-0.4, -0.2) is 32.2 Å². The van der Waals surface area contributed by atoms with Gasteiger partial charge in [0.25, 0.3) is 5.91 Å². The lowest BCUT2D eigenvalue weighted by atomic mass is 10.1. The number of carbonyl (C=O) groups excluding carboxylic acids is 2. The molecule has 138 valence electrons. The third-order valence-electron chi connectivity index (χ3n) is 3.47. The largest absolute Gasteiger partial charge is 0.496 e. The highest BCUT2D eigenvalue weighted by Gasteiger charge is 2.25. The van der Waals surface area contributed by atoms with Crippen molar-refractivity contribution in [3.8, 4) is 11.5 Å². The van der Waals surface area contributed by atoms with Crippen LogP contribution in [0.25, 0.3) is 0 Å². The summed E-state index contributed by atoms with van der Waals surface area (Å²) in [6, 6.07) is 9.50. The number of hydrogen-bond donors (Lipinski definition) is 1. The van der Waals surface area contributed by atoms with Gasteiger partial charge in [-0.05, 0) is 37.3 Å². The highest BCUT2D eigenvalue weighted by Crippen LogP contribution is 2.29. The molecule has 0 saturated heterocycles. The molecular weight excluding hydrogens is 381 g/mol. The van der Waals surface area contributed by atoms with Crippen LogP contribution in [0.3, 0.4) is 0 Å². The van der Waals surface area contributed by atoms with Crippen LogP contribution < -0.4 is 14.8 Å². The number of carbonyl (C=O) groups is 2. The molecule has 0 radical (unpaired) electrons. The second-order valence-electron chi connectivity index (χ2n) is 5.20. The molecule has 0 aromatic heterocycles. The van der Waals surface area contributed by atoms with Gasteiger partial charge < -0.3 is 19.5 Å². The number of anilines is 1. The Morgan fingerprint density at radius 2 is 1.65 bits per heavy atom. The van der Waals surface area contributed by atoms with Gasteiger partial charge in [-0.1, -0.05) is 29.3 Å². The van der Waals surface area contributed by atoms with E-state index in [1.54, 1.807) is 30.3 Å². The lowest BCUT2D eigenvalue weighted by Gasteiger charge is -2.16. The molecule has 0 aliphatic rings. The Hall–Kier alpha value is -2.44. The molecule has 0 heterocycles. The van der Waals surface area contributed by atoms with E-state index in [0.717, 1.165) is 0 Å². The Labute approximate surface area is 160 Å². The Balaban J connectivity index is 2.13. The third kappa shape index (κ3) is 4.59. The molecule has 8 heteroatoms. The van der Waals surface area contributed by atoms with Gasteiger partial charge in [-0.25, -0.2) is 4.79 Å². The number of amides is 1. The monoisotopic (exact) mass is 397 g/mol. The average molecular weight is 398 g/mol. The Kier molecular flexibility index (Phi) is 6.71. The van der Waals surface area contributed by atoms with Crippen molar-refractivity contribution in [1.29, 1.82) is 0 Å². The molecule has 1 N–H and O–H groups in total. The van der Waals surface area contributed by atoms with Crippen molar-refractivity contribution in [3.63, 3.8) is 0 Å². The highest BCUT2D eigenvalue weighted by molar-refractivity contribution is 6.36. The fraction of sp³-hybridized carbons (Fsp3) is 0.222. The van der Waals surface area contributed by atoms with Gasteiger partial charge in [0.15, 0.2) is 6.10 Å². The van der Waals surface area contributed by atoms with Crippen molar-refractivity contribution in [2.45, 2.75) is 13.0 Å². The molecule has 2 rings (SSSR count). The van der Waals surface area contributed by atoms with E-state index in [2.05, 4.69) is 5.32 Å². The van der Waals surface area contributed by atoms with Crippen LogP contribution in [0.1, 0.15) is 17.3 Å². The molecule has 0 unspecified atom stereocenters. The summed E-state index contributed by atoms with van der Waals surface area (Å²) >= 11 is 11.8. The molecule has 0 saturated carbocycles. The highest BCUT2D eigenvalue weighted by atomic mass is 35.5. The predicted octanol–water partition coefficient (Wildman–Crippen LogP) is 4.19. The van der Waals surface area contributed by atoms with Crippen molar-refractivity contribution >= 4 is 40.8 Å². The Morgan fingerprint density at radius 1 is 1.04 bits per heavy atom. The van der Waals surface area contributed by atoms with Crippen LogP contribution in [0, 0.1) is 0 Å². The zero-order valence-electron chi connectivity index (χ0n) is 14.3. The van der Waals surface area contributed by atoms with Crippen LogP contribution in [0.15, 0.2) is 36.4 Å². The van der Waals surface area contributed by atoms with Crippen LogP contribution in [0.2, 0.25) is 10.0 Å². The first-order valence-electron chi connectivity index (χ1n) is 7.55. The number of esters is 1. The topological polar surface area (TPSA) is 73.9 Å². The van der Waals surface area contributed by atoms with E-state index in [4.69, 9.17) is 37.4 Å². The van der Waals surface area contributed by atoms with Crippen molar-refractivity contribution in [2.75, 3.05) is 19.5 Å². The second kappa shape index (κ2) is 8.78. The predicted molar refractivity (Wildman–Crippen MR) is 99.5 cm³/mol. The Morgan fingerprint density at radius 3 is 2.19 bits per heavy atom. The number of ether oxygens (including phenoxy) is 3. The number of nitrogens with one attached hydrogen (secondary N) is 1. The van der Waals surface area contributed by atoms with Crippen LogP contribution in [-0.2, 0) is 9.53 Å². The van der Waals surface area contributed by atoms with Crippen LogP contribution >= 0.6 is 23.2 Å². The van der Waals surface area contributed by atoms with E-state index in [1.165, 1.54) is 27.2 Å². The fourth-order valence-electron chi connectivity index (χ4n) is 2.15. The van der Waals surface area contributed by atoms with Crippen LogP contribution in [0.4, 0.5) is 5.69 Å². The van der Waals surface area contributed by atoms with Gasteiger partial charge in [0.1, 0.15) is 17.1 Å². The second-order valence-corrected chi connectivity index (χ2v) is 6.04. The van der Waals surface area contributed by atoms with Gasteiger partial charge in [-0.2, -0.15) is 0 Å². The number of methoxy groups -OCH3 is 2. The van der Waals surface area contributed by atoms with E-state index in [9.17, 15) is 9.59 Å². The molecule has 26 heavy (non-hydrogen) atoms. The molecule has 0 fully saturated rings. The molecule has 2 aromatic carbocycles. The Bertz CT molecular complexity index is 803. The van der Waals surface area contributed by atoms with E-state index in [0.29, 0.717) is 10.7 Å². The van der Waals surface area contributed by atoms with E-state index in [1.807, 2.05) is 0 Å². The first kappa shape index (κ1) is 19.9. The fourth-order valence-corrected chi connectivity index (χ4v) is 2.61. The lowest BCUT2D eigenvalue weighted by molar-refractivity contribution is -0.123. The van der Waals surface area contributed by atoms with Gasteiger partial charge in [-0.15, -0.1) is 0 Å². The van der Waals surface area contributed by atoms with Gasteiger partial charge in [-0.3, -0.25) is 4.79 Å². The summed E-state index contributed by atoms with van der Waals surface area (Å²) in [4.78, 5) is 24.8. The maximum atomic E-state index is 12.5. The molecule has 0 aliphatic heterocycles. The van der Waals surface area contributed by atoms with E-state index >= 15 is 0 Å². The molecule has 0 spiro atoms. The van der Waals surface area contributed by atoms with E-state index < -0.39 is 18.0 Å². The first-order chi connectivity index (χ1) is 12.4. The minimum atomic E-state index is -1.08. The maximum absolute atomic E-state index is 12.5. The molecular formula is C18H17Cl2NO5. The standard InChI is InChI=1S/C18H17Cl2NO5/c1-10(17(22)21-13-8-7-11(19)9-12(13)20)26-18(23)16-14(24-2)5-4-6-15(16)25-3/h4-10H,1-3H3,(H,21,22)/t10-/m0/s1. The van der Waals surface area contributed by atoms with Crippen LogP contribution in [0.5, 0.6) is 11.5 Å². The number of benzene rings is 2. The minimum Gasteiger partial charge on any atom is -0.496 e. The first-order valence-corrected chi connectivity index (χ1v) is 8.30. The smallest absolute Gasteiger partial charge is 0.346 e. The summed E-state index contributed by atoms with van der Waals surface area (Å²) in [5.74, 6) is -0.731. The summed E-state index contributed by atoms with van der Waals surface area (Å²) in [5.41, 5.74) is 0.459. The molecule has 2 aromatic rings. The van der Waals surface area contributed by atoms with Gasteiger partial charge >= 0.3 is 5.97 Å². The third-order valence-corrected chi connectivity index (χ3v) is 4.02. The summed E-state index contributed by atoms with van der Waals surface area (Å²) in [5, 5.41) is 3.30. The SMILES string of the molecule is COc1cccc(OC)c1C(=O)O[C@@H](C)C(=O)Nc1ccc(Cl)cc1Cl. The zero-order valence-corrected chi connectivity index (χ0v) is 15.9. The number of rotatable bonds is 6.